The number of hydrogen-bond donors (Lipinski definition) is 0. The van der Waals surface area contributed by atoms with E-state index >= 15 is 0 Å². The Morgan fingerprint density at radius 2 is 1.61 bits per heavy atom. The van der Waals surface area contributed by atoms with Gasteiger partial charge >= 0.3 is 0 Å². The standard InChI is InChI=1S/C17H22N2O4/c1-10(15(20)18-6-8-23-9-7-18)19-16(21)13-11-2-3-12(5-4-11)14(13)17(19)22/h2-3,10-14H,4-9H2,1H3. The second kappa shape index (κ2) is 5.44. The van der Waals surface area contributed by atoms with Gasteiger partial charge < -0.3 is 9.64 Å². The molecule has 0 aromatic carbocycles. The van der Waals surface area contributed by atoms with Gasteiger partial charge in [0.05, 0.1) is 25.0 Å². The number of ether oxygens (including phenoxy) is 1. The highest BCUT2D eigenvalue weighted by Gasteiger charge is 2.58. The minimum atomic E-state index is -0.710. The van der Waals surface area contributed by atoms with Crippen molar-refractivity contribution in [2.45, 2.75) is 25.8 Å². The van der Waals surface area contributed by atoms with Crippen LogP contribution in [0.1, 0.15) is 19.8 Å². The van der Waals surface area contributed by atoms with Gasteiger partial charge in [-0.15, -0.1) is 0 Å². The number of carbonyl (C=O) groups excluding carboxylic acids is 3. The van der Waals surface area contributed by atoms with Gasteiger partial charge in [0.15, 0.2) is 0 Å². The zero-order valence-electron chi connectivity index (χ0n) is 13.3. The van der Waals surface area contributed by atoms with E-state index in [0.29, 0.717) is 26.3 Å². The van der Waals surface area contributed by atoms with Gasteiger partial charge in [0.1, 0.15) is 6.04 Å². The first-order chi connectivity index (χ1) is 11.1. The van der Waals surface area contributed by atoms with Gasteiger partial charge in [0.2, 0.25) is 17.7 Å². The summed E-state index contributed by atoms with van der Waals surface area (Å²) in [5, 5.41) is 0. The number of rotatable bonds is 2. The lowest BCUT2D eigenvalue weighted by atomic mass is 9.63. The van der Waals surface area contributed by atoms with E-state index in [0.717, 1.165) is 12.8 Å². The molecule has 3 amide bonds. The van der Waals surface area contributed by atoms with Crippen molar-refractivity contribution in [1.82, 2.24) is 9.80 Å². The molecule has 5 atom stereocenters. The number of hydrogen-bond acceptors (Lipinski definition) is 4. The minimum Gasteiger partial charge on any atom is -0.378 e. The fourth-order valence-electron chi connectivity index (χ4n) is 4.64. The Morgan fingerprint density at radius 3 is 2.09 bits per heavy atom. The molecule has 5 aliphatic rings. The number of likely N-dealkylation sites (tertiary alicyclic amines) is 1. The molecule has 2 bridgehead atoms. The normalized spacial score (nSPS) is 37.3. The second-order valence-electron chi connectivity index (χ2n) is 7.00. The Hall–Kier alpha value is -1.69. The van der Waals surface area contributed by atoms with Crippen molar-refractivity contribution in [3.05, 3.63) is 12.2 Å². The molecule has 23 heavy (non-hydrogen) atoms. The zero-order valence-corrected chi connectivity index (χ0v) is 13.3. The van der Waals surface area contributed by atoms with Crippen LogP contribution in [0.5, 0.6) is 0 Å². The fourth-order valence-corrected chi connectivity index (χ4v) is 4.64. The quantitative estimate of drug-likeness (QED) is 0.547. The minimum absolute atomic E-state index is 0.144. The molecule has 5 unspecified atom stereocenters. The molecule has 3 fully saturated rings. The van der Waals surface area contributed by atoms with Crippen LogP contribution in [-0.2, 0) is 19.1 Å². The third kappa shape index (κ3) is 2.15. The van der Waals surface area contributed by atoms with E-state index in [1.165, 1.54) is 4.90 Å². The van der Waals surface area contributed by atoms with E-state index < -0.39 is 6.04 Å². The molecule has 2 aliphatic heterocycles. The van der Waals surface area contributed by atoms with Crippen molar-refractivity contribution in [3.63, 3.8) is 0 Å². The molecule has 0 radical (unpaired) electrons. The lowest BCUT2D eigenvalue weighted by Crippen LogP contribution is -2.52. The molecule has 1 saturated carbocycles. The van der Waals surface area contributed by atoms with Crippen LogP contribution in [0.3, 0.4) is 0 Å². The Kier molecular flexibility index (Phi) is 3.52. The van der Waals surface area contributed by atoms with Crippen molar-refractivity contribution in [2.24, 2.45) is 23.7 Å². The highest BCUT2D eigenvalue weighted by Crippen LogP contribution is 2.49. The first-order valence-corrected chi connectivity index (χ1v) is 8.51. The summed E-state index contributed by atoms with van der Waals surface area (Å²) in [6.45, 7) is 3.76. The van der Waals surface area contributed by atoms with Crippen LogP contribution < -0.4 is 0 Å². The number of morpholine rings is 1. The number of amides is 3. The van der Waals surface area contributed by atoms with Crippen LogP contribution in [0.2, 0.25) is 0 Å². The third-order valence-electron chi connectivity index (χ3n) is 5.86. The molecule has 6 heteroatoms. The van der Waals surface area contributed by atoms with E-state index in [9.17, 15) is 14.4 Å². The summed E-state index contributed by atoms with van der Waals surface area (Å²) in [5.41, 5.74) is 0. The molecular weight excluding hydrogens is 296 g/mol. The average Bonchev–Trinajstić information content (AvgIpc) is 2.89. The topological polar surface area (TPSA) is 66.9 Å². The number of allylic oxidation sites excluding steroid dienone is 2. The molecular formula is C17H22N2O4. The van der Waals surface area contributed by atoms with Crippen molar-refractivity contribution in [3.8, 4) is 0 Å². The highest BCUT2D eigenvalue weighted by molar-refractivity contribution is 6.09. The zero-order chi connectivity index (χ0) is 16.1. The summed E-state index contributed by atoms with van der Waals surface area (Å²) in [5.74, 6) is -0.595. The summed E-state index contributed by atoms with van der Waals surface area (Å²) < 4.78 is 5.26. The number of nitrogens with zero attached hydrogens (tertiary/aromatic N) is 2. The average molecular weight is 318 g/mol. The van der Waals surface area contributed by atoms with Gasteiger partial charge in [-0.25, -0.2) is 0 Å². The summed E-state index contributed by atoms with van der Waals surface area (Å²) in [6.07, 6.45) is 6.14. The SMILES string of the molecule is CC(C(=O)N1CCOCC1)N1C(=O)C2C3C=CC(CC3)C2C1=O. The van der Waals surface area contributed by atoms with Gasteiger partial charge in [0.25, 0.3) is 0 Å². The van der Waals surface area contributed by atoms with Gasteiger partial charge in [-0.1, -0.05) is 12.2 Å². The Bertz CT molecular complexity index is 549. The van der Waals surface area contributed by atoms with Crippen molar-refractivity contribution in [1.29, 1.82) is 0 Å². The number of carbonyl (C=O) groups is 3. The summed E-state index contributed by atoms with van der Waals surface area (Å²) in [4.78, 5) is 41.3. The molecule has 124 valence electrons. The largest absolute Gasteiger partial charge is 0.378 e. The van der Waals surface area contributed by atoms with Crippen molar-refractivity contribution in [2.75, 3.05) is 26.3 Å². The first-order valence-electron chi connectivity index (χ1n) is 8.51. The maximum atomic E-state index is 12.8. The fraction of sp³-hybridized carbons (Fsp3) is 0.706. The molecule has 0 spiro atoms. The van der Waals surface area contributed by atoms with E-state index in [1.807, 2.05) is 0 Å². The molecule has 6 nitrogen and oxygen atoms in total. The van der Waals surface area contributed by atoms with Crippen LogP contribution >= 0.6 is 0 Å². The van der Waals surface area contributed by atoms with Crippen molar-refractivity contribution < 1.29 is 19.1 Å². The second-order valence-corrected chi connectivity index (χ2v) is 7.00. The van der Waals surface area contributed by atoms with Crippen LogP contribution in [0.15, 0.2) is 12.2 Å². The molecule has 5 rings (SSSR count). The van der Waals surface area contributed by atoms with Crippen LogP contribution in [0.25, 0.3) is 0 Å². The Balaban J connectivity index is 1.56. The van der Waals surface area contributed by atoms with Crippen LogP contribution in [0, 0.1) is 23.7 Å². The molecule has 2 saturated heterocycles. The smallest absolute Gasteiger partial charge is 0.245 e. The maximum absolute atomic E-state index is 12.8. The van der Waals surface area contributed by atoms with E-state index in [2.05, 4.69) is 12.2 Å². The maximum Gasteiger partial charge on any atom is 0.245 e. The third-order valence-corrected chi connectivity index (χ3v) is 5.86. The Morgan fingerprint density at radius 1 is 1.09 bits per heavy atom. The van der Waals surface area contributed by atoms with Crippen molar-refractivity contribution >= 4 is 17.7 Å². The van der Waals surface area contributed by atoms with Gasteiger partial charge in [0, 0.05) is 13.1 Å². The van der Waals surface area contributed by atoms with Crippen LogP contribution in [0.4, 0.5) is 0 Å². The van der Waals surface area contributed by atoms with E-state index in [-0.39, 0.29) is 41.4 Å². The lowest BCUT2D eigenvalue weighted by molar-refractivity contribution is -0.152. The van der Waals surface area contributed by atoms with Crippen LogP contribution in [-0.4, -0.2) is 59.9 Å². The molecule has 0 aromatic heterocycles. The molecule has 0 N–H and O–H groups in total. The number of imide groups is 1. The lowest BCUT2D eigenvalue weighted by Gasteiger charge is -2.38. The molecule has 2 heterocycles. The van der Waals surface area contributed by atoms with E-state index in [1.54, 1.807) is 11.8 Å². The molecule has 0 aromatic rings. The monoisotopic (exact) mass is 318 g/mol. The summed E-state index contributed by atoms with van der Waals surface area (Å²) in [7, 11) is 0. The summed E-state index contributed by atoms with van der Waals surface area (Å²) >= 11 is 0. The first kappa shape index (κ1) is 14.9. The Labute approximate surface area is 135 Å². The number of fused-ring (bicyclic) bond motifs is 1. The van der Waals surface area contributed by atoms with Gasteiger partial charge in [-0.05, 0) is 31.6 Å². The highest BCUT2D eigenvalue weighted by atomic mass is 16.5. The molecule has 3 aliphatic carbocycles. The predicted molar refractivity (Wildman–Crippen MR) is 81.0 cm³/mol. The van der Waals surface area contributed by atoms with E-state index in [4.69, 9.17) is 4.74 Å². The predicted octanol–water partition coefficient (Wildman–Crippen LogP) is 0.431. The van der Waals surface area contributed by atoms with Gasteiger partial charge in [-0.2, -0.15) is 0 Å². The summed E-state index contributed by atoms with van der Waals surface area (Å²) in [6, 6.07) is -0.710. The van der Waals surface area contributed by atoms with Gasteiger partial charge in [-0.3, -0.25) is 19.3 Å².